The number of ether oxygens (including phenoxy) is 1. The fourth-order valence-electron chi connectivity index (χ4n) is 3.42. The highest BCUT2D eigenvalue weighted by molar-refractivity contribution is 5.78. The monoisotopic (exact) mass is 297 g/mol. The van der Waals surface area contributed by atoms with E-state index in [1.807, 2.05) is 0 Å². The number of morpholine rings is 1. The first kappa shape index (κ1) is 16.7. The van der Waals surface area contributed by atoms with Gasteiger partial charge in [-0.15, -0.1) is 0 Å². The van der Waals surface area contributed by atoms with Gasteiger partial charge in [-0.3, -0.25) is 9.69 Å². The zero-order valence-electron chi connectivity index (χ0n) is 13.7. The maximum Gasteiger partial charge on any atom is 0.223 e. The van der Waals surface area contributed by atoms with Crippen molar-refractivity contribution in [1.82, 2.24) is 15.5 Å². The number of hydrogen-bond donors (Lipinski definition) is 2. The van der Waals surface area contributed by atoms with Crippen LogP contribution >= 0.6 is 0 Å². The lowest BCUT2D eigenvalue weighted by molar-refractivity contribution is -0.126. The molecule has 122 valence electrons. The molecule has 2 N–H and O–H groups in total. The van der Waals surface area contributed by atoms with Crippen LogP contribution in [0.2, 0.25) is 0 Å². The van der Waals surface area contributed by atoms with Crippen molar-refractivity contribution in [3.05, 3.63) is 0 Å². The van der Waals surface area contributed by atoms with Crippen molar-refractivity contribution >= 4 is 5.91 Å². The van der Waals surface area contributed by atoms with Gasteiger partial charge in [0, 0.05) is 37.6 Å². The normalized spacial score (nSPS) is 29.3. The van der Waals surface area contributed by atoms with Crippen LogP contribution in [0.5, 0.6) is 0 Å². The summed E-state index contributed by atoms with van der Waals surface area (Å²) >= 11 is 0. The van der Waals surface area contributed by atoms with E-state index in [1.54, 1.807) is 0 Å². The van der Waals surface area contributed by atoms with Crippen LogP contribution in [0.3, 0.4) is 0 Å². The summed E-state index contributed by atoms with van der Waals surface area (Å²) in [6.45, 7) is 11.9. The van der Waals surface area contributed by atoms with Gasteiger partial charge < -0.3 is 15.4 Å². The molecule has 5 heteroatoms. The standard InChI is InChI=1S/C16H31N3O2/c1-12(2)15(19-6-8-21-9-7-19)11-18-16(20)14-4-5-17-13(3)10-14/h12-15,17H,4-11H2,1-3H3,(H,18,20)/t13-,14-,15?/m0/s1. The Morgan fingerprint density at radius 3 is 2.71 bits per heavy atom. The lowest BCUT2D eigenvalue weighted by atomic mass is 9.92. The van der Waals surface area contributed by atoms with Crippen molar-refractivity contribution in [3.8, 4) is 0 Å². The third-order valence-electron chi connectivity index (χ3n) is 4.76. The van der Waals surface area contributed by atoms with Crippen LogP contribution < -0.4 is 10.6 Å². The summed E-state index contributed by atoms with van der Waals surface area (Å²) in [7, 11) is 0. The predicted molar refractivity (Wildman–Crippen MR) is 84.2 cm³/mol. The first-order chi connectivity index (χ1) is 10.1. The average molecular weight is 297 g/mol. The Labute approximate surface area is 128 Å². The molecule has 0 saturated carbocycles. The van der Waals surface area contributed by atoms with E-state index in [9.17, 15) is 4.79 Å². The van der Waals surface area contributed by atoms with Crippen molar-refractivity contribution in [2.75, 3.05) is 39.4 Å². The van der Waals surface area contributed by atoms with Crippen LogP contribution in [0.4, 0.5) is 0 Å². The zero-order valence-corrected chi connectivity index (χ0v) is 13.7. The molecule has 0 aromatic heterocycles. The zero-order chi connectivity index (χ0) is 15.2. The molecule has 0 aromatic rings. The fourth-order valence-corrected chi connectivity index (χ4v) is 3.42. The van der Waals surface area contributed by atoms with Gasteiger partial charge in [-0.05, 0) is 32.2 Å². The SMILES string of the molecule is CC(C)C(CNC(=O)[C@H]1CCN[C@@H](C)C1)N1CCOCC1. The van der Waals surface area contributed by atoms with E-state index in [4.69, 9.17) is 4.74 Å². The van der Waals surface area contributed by atoms with Crippen LogP contribution in [0.1, 0.15) is 33.6 Å². The van der Waals surface area contributed by atoms with Crippen molar-refractivity contribution in [2.45, 2.75) is 45.7 Å². The molecule has 2 heterocycles. The van der Waals surface area contributed by atoms with Crippen molar-refractivity contribution in [3.63, 3.8) is 0 Å². The maximum atomic E-state index is 12.4. The molecule has 0 aromatic carbocycles. The van der Waals surface area contributed by atoms with E-state index >= 15 is 0 Å². The minimum absolute atomic E-state index is 0.179. The van der Waals surface area contributed by atoms with Crippen LogP contribution in [0, 0.1) is 11.8 Å². The van der Waals surface area contributed by atoms with Gasteiger partial charge >= 0.3 is 0 Å². The lowest BCUT2D eigenvalue weighted by Gasteiger charge is -2.37. The minimum Gasteiger partial charge on any atom is -0.379 e. The Hall–Kier alpha value is -0.650. The number of nitrogens with one attached hydrogen (secondary N) is 2. The Kier molecular flexibility index (Phi) is 6.45. The summed E-state index contributed by atoms with van der Waals surface area (Å²) < 4.78 is 5.43. The second kappa shape index (κ2) is 8.11. The van der Waals surface area contributed by atoms with Gasteiger partial charge in [-0.1, -0.05) is 13.8 Å². The summed E-state index contributed by atoms with van der Waals surface area (Å²) in [6, 6.07) is 0.867. The summed E-state index contributed by atoms with van der Waals surface area (Å²) in [6.07, 6.45) is 1.91. The third kappa shape index (κ3) is 4.94. The second-order valence-corrected chi connectivity index (χ2v) is 6.78. The Morgan fingerprint density at radius 2 is 2.10 bits per heavy atom. The molecular weight excluding hydrogens is 266 g/mol. The van der Waals surface area contributed by atoms with Gasteiger partial charge in [0.2, 0.25) is 5.91 Å². The first-order valence-corrected chi connectivity index (χ1v) is 8.40. The molecule has 2 saturated heterocycles. The quantitative estimate of drug-likeness (QED) is 0.790. The number of rotatable bonds is 5. The van der Waals surface area contributed by atoms with Crippen molar-refractivity contribution in [1.29, 1.82) is 0 Å². The van der Waals surface area contributed by atoms with E-state index in [-0.39, 0.29) is 11.8 Å². The van der Waals surface area contributed by atoms with Gasteiger partial charge in [0.05, 0.1) is 13.2 Å². The number of carbonyl (C=O) groups is 1. The molecule has 2 aliphatic rings. The molecule has 21 heavy (non-hydrogen) atoms. The van der Waals surface area contributed by atoms with Gasteiger partial charge in [0.1, 0.15) is 0 Å². The van der Waals surface area contributed by atoms with Crippen LogP contribution in [-0.2, 0) is 9.53 Å². The summed E-state index contributed by atoms with van der Waals surface area (Å²) in [5, 5.41) is 6.60. The average Bonchev–Trinajstić information content (AvgIpc) is 2.48. The van der Waals surface area contributed by atoms with Gasteiger partial charge in [0.25, 0.3) is 0 Å². The van der Waals surface area contributed by atoms with E-state index in [0.29, 0.717) is 18.0 Å². The molecule has 2 aliphatic heterocycles. The van der Waals surface area contributed by atoms with Crippen molar-refractivity contribution < 1.29 is 9.53 Å². The van der Waals surface area contributed by atoms with E-state index in [2.05, 4.69) is 36.3 Å². The van der Waals surface area contributed by atoms with E-state index in [0.717, 1.165) is 52.2 Å². The molecule has 5 nitrogen and oxygen atoms in total. The summed E-state index contributed by atoms with van der Waals surface area (Å²) in [4.78, 5) is 14.8. The number of amides is 1. The van der Waals surface area contributed by atoms with E-state index < -0.39 is 0 Å². The molecule has 0 aliphatic carbocycles. The van der Waals surface area contributed by atoms with Gasteiger partial charge in [0.15, 0.2) is 0 Å². The lowest BCUT2D eigenvalue weighted by Crippen LogP contribution is -2.52. The minimum atomic E-state index is 0.179. The topological polar surface area (TPSA) is 53.6 Å². The van der Waals surface area contributed by atoms with Gasteiger partial charge in [-0.2, -0.15) is 0 Å². The smallest absolute Gasteiger partial charge is 0.223 e. The Morgan fingerprint density at radius 1 is 1.38 bits per heavy atom. The Balaban J connectivity index is 1.81. The van der Waals surface area contributed by atoms with E-state index in [1.165, 1.54) is 0 Å². The van der Waals surface area contributed by atoms with Crippen LogP contribution in [0.15, 0.2) is 0 Å². The third-order valence-corrected chi connectivity index (χ3v) is 4.76. The molecular formula is C16H31N3O2. The van der Waals surface area contributed by atoms with Gasteiger partial charge in [-0.25, -0.2) is 0 Å². The highest BCUT2D eigenvalue weighted by atomic mass is 16.5. The highest BCUT2D eigenvalue weighted by Gasteiger charge is 2.27. The molecule has 1 amide bonds. The number of piperidine rings is 1. The first-order valence-electron chi connectivity index (χ1n) is 8.40. The van der Waals surface area contributed by atoms with Crippen LogP contribution in [-0.4, -0.2) is 62.3 Å². The molecule has 1 unspecified atom stereocenters. The number of hydrogen-bond acceptors (Lipinski definition) is 4. The predicted octanol–water partition coefficient (Wildman–Crippen LogP) is 0.848. The highest BCUT2D eigenvalue weighted by Crippen LogP contribution is 2.17. The Bertz CT molecular complexity index is 329. The molecule has 0 radical (unpaired) electrons. The van der Waals surface area contributed by atoms with Crippen LogP contribution in [0.25, 0.3) is 0 Å². The maximum absolute atomic E-state index is 12.4. The molecule has 2 fully saturated rings. The fraction of sp³-hybridized carbons (Fsp3) is 0.938. The largest absolute Gasteiger partial charge is 0.379 e. The second-order valence-electron chi connectivity index (χ2n) is 6.78. The molecule has 0 spiro atoms. The van der Waals surface area contributed by atoms with Crippen molar-refractivity contribution in [2.24, 2.45) is 11.8 Å². The number of nitrogens with zero attached hydrogens (tertiary/aromatic N) is 1. The molecule has 2 rings (SSSR count). The number of carbonyl (C=O) groups excluding carboxylic acids is 1. The summed E-state index contributed by atoms with van der Waals surface area (Å²) in [5.74, 6) is 0.955. The summed E-state index contributed by atoms with van der Waals surface area (Å²) in [5.41, 5.74) is 0. The molecule has 0 bridgehead atoms. The molecule has 3 atom stereocenters.